The van der Waals surface area contributed by atoms with Gasteiger partial charge in [-0.25, -0.2) is 0 Å². The molecule has 0 aliphatic heterocycles. The highest BCUT2D eigenvalue weighted by Gasteiger charge is 2.24. The molecule has 72 valence electrons. The first kappa shape index (κ1) is 8.75. The lowest BCUT2D eigenvalue weighted by Crippen LogP contribution is -2.12. The second kappa shape index (κ2) is 3.50. The van der Waals surface area contributed by atoms with Crippen molar-refractivity contribution < 1.29 is 4.79 Å². The first-order valence-corrected chi connectivity index (χ1v) is 4.53. The average molecular weight is 190 g/mol. The van der Waals surface area contributed by atoms with Crippen molar-refractivity contribution in [3.05, 3.63) is 11.8 Å². The van der Waals surface area contributed by atoms with E-state index in [2.05, 4.69) is 15.5 Å². The molecule has 1 fully saturated rings. The molecule has 1 aromatic heterocycles. The summed E-state index contributed by atoms with van der Waals surface area (Å²) in [5.41, 5.74) is 0.353. The summed E-state index contributed by atoms with van der Waals surface area (Å²) < 4.78 is 0. The van der Waals surface area contributed by atoms with Crippen molar-refractivity contribution in [2.75, 3.05) is 5.32 Å². The largest absolute Gasteiger partial charge is 0.309 e. The van der Waals surface area contributed by atoms with Gasteiger partial charge >= 0.3 is 0 Å². The van der Waals surface area contributed by atoms with Gasteiger partial charge in [-0.3, -0.25) is 9.89 Å². The lowest BCUT2D eigenvalue weighted by atomic mass is 10.3. The minimum absolute atomic E-state index is 0.0245. The third-order valence-corrected chi connectivity index (χ3v) is 2.14. The van der Waals surface area contributed by atoms with Crippen molar-refractivity contribution in [2.24, 2.45) is 5.92 Å². The average Bonchev–Trinajstić information content (AvgIpc) is 2.83. The van der Waals surface area contributed by atoms with Crippen LogP contribution in [0.5, 0.6) is 0 Å². The van der Waals surface area contributed by atoms with Crippen LogP contribution in [0.3, 0.4) is 0 Å². The van der Waals surface area contributed by atoms with Crippen molar-refractivity contribution >= 4 is 11.7 Å². The van der Waals surface area contributed by atoms with Gasteiger partial charge < -0.3 is 5.32 Å². The molecule has 0 unspecified atom stereocenters. The molecule has 0 radical (unpaired) electrons. The van der Waals surface area contributed by atoms with Gasteiger partial charge in [0.15, 0.2) is 5.82 Å². The Morgan fingerprint density at radius 1 is 1.79 bits per heavy atom. The smallest absolute Gasteiger partial charge is 0.225 e. The van der Waals surface area contributed by atoms with Crippen molar-refractivity contribution in [3.63, 3.8) is 0 Å². The Morgan fingerprint density at radius 2 is 2.57 bits per heavy atom. The number of amides is 1. The summed E-state index contributed by atoms with van der Waals surface area (Å²) >= 11 is 0. The fourth-order valence-corrected chi connectivity index (χ4v) is 1.22. The van der Waals surface area contributed by atoms with Gasteiger partial charge in [-0.1, -0.05) is 0 Å². The van der Waals surface area contributed by atoms with Crippen LogP contribution in [-0.4, -0.2) is 16.1 Å². The summed E-state index contributed by atoms with van der Waals surface area (Å²) in [7, 11) is 0. The number of hydrogen-bond donors (Lipinski definition) is 2. The molecular formula is C9H10N4O. The highest BCUT2D eigenvalue weighted by atomic mass is 16.1. The summed E-state index contributed by atoms with van der Waals surface area (Å²) in [6, 6.07) is 3.42. The van der Waals surface area contributed by atoms with Crippen LogP contribution < -0.4 is 5.32 Å². The summed E-state index contributed by atoms with van der Waals surface area (Å²) in [5, 5.41) is 17.4. The van der Waals surface area contributed by atoms with Gasteiger partial charge in [-0.05, 0) is 18.8 Å². The van der Waals surface area contributed by atoms with Crippen LogP contribution in [0.25, 0.3) is 0 Å². The molecule has 0 saturated heterocycles. The van der Waals surface area contributed by atoms with Gasteiger partial charge in [0.05, 0.1) is 0 Å². The van der Waals surface area contributed by atoms with Gasteiger partial charge in [-0.2, -0.15) is 10.4 Å². The first-order valence-electron chi connectivity index (χ1n) is 4.53. The number of nitriles is 1. The number of nitrogens with one attached hydrogen (secondary N) is 2. The molecule has 0 bridgehead atoms. The van der Waals surface area contributed by atoms with Crippen molar-refractivity contribution in [3.8, 4) is 6.07 Å². The molecule has 0 atom stereocenters. The molecule has 2 rings (SSSR count). The molecule has 1 aromatic rings. The number of nitrogens with zero attached hydrogens (tertiary/aromatic N) is 2. The molecular weight excluding hydrogens is 180 g/mol. The van der Waals surface area contributed by atoms with E-state index in [1.807, 2.05) is 6.07 Å². The van der Waals surface area contributed by atoms with Gasteiger partial charge in [0.1, 0.15) is 11.8 Å². The standard InChI is InChI=1S/C9H10N4O/c10-5-7-4-8(13-12-7)11-9(14)3-6-1-2-6/h4,6H,1-3H2,(H2,11,12,13,14). The maximum Gasteiger partial charge on any atom is 0.225 e. The zero-order valence-corrected chi connectivity index (χ0v) is 7.58. The lowest BCUT2D eigenvalue weighted by Gasteiger charge is -1.98. The van der Waals surface area contributed by atoms with Crippen LogP contribution in [0.4, 0.5) is 5.82 Å². The normalized spacial score (nSPS) is 14.8. The monoisotopic (exact) mass is 190 g/mol. The molecule has 1 heterocycles. The van der Waals surface area contributed by atoms with Gasteiger partial charge in [-0.15, -0.1) is 0 Å². The van der Waals surface area contributed by atoms with E-state index >= 15 is 0 Å². The number of rotatable bonds is 3. The number of aromatic nitrogens is 2. The first-order chi connectivity index (χ1) is 6.78. The van der Waals surface area contributed by atoms with E-state index in [1.54, 1.807) is 0 Å². The molecule has 2 N–H and O–H groups in total. The van der Waals surface area contributed by atoms with E-state index in [1.165, 1.54) is 6.07 Å². The Labute approximate surface area is 81.1 Å². The van der Waals surface area contributed by atoms with E-state index < -0.39 is 0 Å². The zero-order valence-electron chi connectivity index (χ0n) is 7.58. The Hall–Kier alpha value is -1.83. The summed E-state index contributed by atoms with van der Waals surface area (Å²) in [6.45, 7) is 0. The van der Waals surface area contributed by atoms with E-state index in [9.17, 15) is 4.79 Å². The summed E-state index contributed by atoms with van der Waals surface area (Å²) in [4.78, 5) is 11.3. The Kier molecular flexibility index (Phi) is 2.19. The molecule has 0 spiro atoms. The minimum Gasteiger partial charge on any atom is -0.309 e. The predicted molar refractivity (Wildman–Crippen MR) is 49.3 cm³/mol. The molecule has 0 aromatic carbocycles. The maximum absolute atomic E-state index is 11.3. The van der Waals surface area contributed by atoms with Crippen molar-refractivity contribution in [1.29, 1.82) is 5.26 Å². The Bertz CT molecular complexity index is 386. The van der Waals surface area contributed by atoms with Crippen LogP contribution in [0.2, 0.25) is 0 Å². The molecule has 1 amide bonds. The van der Waals surface area contributed by atoms with E-state index in [4.69, 9.17) is 5.26 Å². The van der Waals surface area contributed by atoms with Crippen molar-refractivity contribution in [2.45, 2.75) is 19.3 Å². The number of aromatic amines is 1. The third kappa shape index (κ3) is 2.10. The number of carbonyl (C=O) groups is 1. The summed E-state index contributed by atoms with van der Waals surface area (Å²) in [5.74, 6) is 0.958. The fraction of sp³-hybridized carbons (Fsp3) is 0.444. The second-order valence-corrected chi connectivity index (χ2v) is 3.47. The topological polar surface area (TPSA) is 81.6 Å². The molecule has 1 saturated carbocycles. The number of H-pyrrole nitrogens is 1. The van der Waals surface area contributed by atoms with Gasteiger partial charge in [0.25, 0.3) is 0 Å². The molecule has 1 aliphatic rings. The third-order valence-electron chi connectivity index (χ3n) is 2.14. The van der Waals surface area contributed by atoms with E-state index in [0.717, 1.165) is 12.8 Å². The SMILES string of the molecule is N#Cc1cc(NC(=O)CC2CC2)n[nH]1. The lowest BCUT2D eigenvalue weighted by molar-refractivity contribution is -0.116. The highest BCUT2D eigenvalue weighted by molar-refractivity contribution is 5.90. The van der Waals surface area contributed by atoms with Crippen LogP contribution in [0, 0.1) is 17.2 Å². The van der Waals surface area contributed by atoms with Crippen LogP contribution >= 0.6 is 0 Å². The predicted octanol–water partition coefficient (Wildman–Crippen LogP) is 1.02. The fourth-order valence-electron chi connectivity index (χ4n) is 1.22. The second-order valence-electron chi connectivity index (χ2n) is 3.47. The van der Waals surface area contributed by atoms with E-state index in [-0.39, 0.29) is 5.91 Å². The van der Waals surface area contributed by atoms with Gasteiger partial charge in [0.2, 0.25) is 5.91 Å². The van der Waals surface area contributed by atoms with E-state index in [0.29, 0.717) is 23.9 Å². The van der Waals surface area contributed by atoms with Crippen LogP contribution in [0.15, 0.2) is 6.07 Å². The molecule has 14 heavy (non-hydrogen) atoms. The number of carbonyl (C=O) groups excluding carboxylic acids is 1. The summed E-state index contributed by atoms with van der Waals surface area (Å²) in [6.07, 6.45) is 2.86. The highest BCUT2D eigenvalue weighted by Crippen LogP contribution is 2.32. The molecule has 1 aliphatic carbocycles. The molecule has 5 heteroatoms. The zero-order chi connectivity index (χ0) is 9.97. The maximum atomic E-state index is 11.3. The van der Waals surface area contributed by atoms with Crippen LogP contribution in [0.1, 0.15) is 25.0 Å². The Morgan fingerprint density at radius 3 is 3.14 bits per heavy atom. The number of hydrogen-bond acceptors (Lipinski definition) is 3. The number of anilines is 1. The van der Waals surface area contributed by atoms with Crippen molar-refractivity contribution in [1.82, 2.24) is 10.2 Å². The van der Waals surface area contributed by atoms with Crippen LogP contribution in [-0.2, 0) is 4.79 Å². The Balaban J connectivity index is 1.89. The minimum atomic E-state index is -0.0245. The molecule has 5 nitrogen and oxygen atoms in total. The quantitative estimate of drug-likeness (QED) is 0.746. The van der Waals surface area contributed by atoms with Gasteiger partial charge in [0, 0.05) is 12.5 Å².